The van der Waals surface area contributed by atoms with E-state index in [1.807, 2.05) is 84.3 Å². The number of halogens is 1. The standard InChI is InChI=1S/C23H19ClN4OS/c1-16-19(24)13-8-14-20(16)25-21(29)15-30-23-27-26-22(17-9-4-2-5-10-17)28(23)18-11-6-3-7-12-18/h2-14H,15H2,1H3,(H,25,29). The zero-order chi connectivity index (χ0) is 20.9. The number of carbonyl (C=O) groups is 1. The molecule has 0 spiro atoms. The van der Waals surface area contributed by atoms with Crippen LogP contribution in [0.1, 0.15) is 5.56 Å². The SMILES string of the molecule is Cc1c(Cl)cccc1NC(=O)CSc1nnc(-c2ccccc2)n1-c1ccccc1. The highest BCUT2D eigenvalue weighted by molar-refractivity contribution is 7.99. The number of rotatable bonds is 6. The smallest absolute Gasteiger partial charge is 0.234 e. The third kappa shape index (κ3) is 4.40. The van der Waals surface area contributed by atoms with Crippen LogP contribution in [-0.2, 0) is 4.79 Å². The van der Waals surface area contributed by atoms with E-state index in [0.717, 1.165) is 22.6 Å². The van der Waals surface area contributed by atoms with Crippen LogP contribution in [0, 0.1) is 6.92 Å². The van der Waals surface area contributed by atoms with E-state index >= 15 is 0 Å². The van der Waals surface area contributed by atoms with Crippen molar-refractivity contribution in [2.75, 3.05) is 11.1 Å². The molecule has 0 radical (unpaired) electrons. The molecule has 4 aromatic rings. The quantitative estimate of drug-likeness (QED) is 0.400. The third-order valence-corrected chi connectivity index (χ3v) is 5.89. The van der Waals surface area contributed by atoms with Gasteiger partial charge in [0.15, 0.2) is 11.0 Å². The number of aromatic nitrogens is 3. The summed E-state index contributed by atoms with van der Waals surface area (Å²) >= 11 is 7.48. The first-order valence-corrected chi connectivity index (χ1v) is 10.7. The van der Waals surface area contributed by atoms with Gasteiger partial charge in [-0.25, -0.2) is 0 Å². The number of nitrogens with one attached hydrogen (secondary N) is 1. The second kappa shape index (κ2) is 9.15. The molecule has 7 heteroatoms. The van der Waals surface area contributed by atoms with Crippen LogP contribution in [0.3, 0.4) is 0 Å². The first-order valence-electron chi connectivity index (χ1n) is 9.37. The number of thioether (sulfide) groups is 1. The molecule has 1 N–H and O–H groups in total. The number of amides is 1. The summed E-state index contributed by atoms with van der Waals surface area (Å²) in [5.74, 6) is 0.802. The van der Waals surface area contributed by atoms with Crippen LogP contribution in [-0.4, -0.2) is 26.4 Å². The van der Waals surface area contributed by atoms with Crippen molar-refractivity contribution in [1.82, 2.24) is 14.8 Å². The molecule has 0 atom stereocenters. The van der Waals surface area contributed by atoms with E-state index in [1.165, 1.54) is 11.8 Å². The highest BCUT2D eigenvalue weighted by Gasteiger charge is 2.17. The predicted molar refractivity (Wildman–Crippen MR) is 122 cm³/mol. The van der Waals surface area contributed by atoms with Crippen LogP contribution in [0.5, 0.6) is 0 Å². The Hall–Kier alpha value is -3.09. The highest BCUT2D eigenvalue weighted by Crippen LogP contribution is 2.28. The molecule has 0 aliphatic carbocycles. The second-order valence-corrected chi connectivity index (χ2v) is 7.94. The molecule has 0 saturated carbocycles. The molecule has 30 heavy (non-hydrogen) atoms. The summed E-state index contributed by atoms with van der Waals surface area (Å²) in [6, 6.07) is 25.2. The minimum atomic E-state index is -0.130. The Morgan fingerprint density at radius 3 is 2.40 bits per heavy atom. The van der Waals surface area contributed by atoms with Crippen LogP contribution in [0.4, 0.5) is 5.69 Å². The number of para-hydroxylation sites is 1. The number of carbonyl (C=O) groups excluding carboxylic acids is 1. The Morgan fingerprint density at radius 2 is 1.67 bits per heavy atom. The Kier molecular flexibility index (Phi) is 6.16. The minimum Gasteiger partial charge on any atom is -0.325 e. The molecule has 0 fully saturated rings. The fourth-order valence-electron chi connectivity index (χ4n) is 3.01. The maximum Gasteiger partial charge on any atom is 0.234 e. The predicted octanol–water partition coefficient (Wildman–Crippen LogP) is 5.63. The van der Waals surface area contributed by atoms with Gasteiger partial charge in [0.2, 0.25) is 5.91 Å². The van der Waals surface area contributed by atoms with E-state index in [2.05, 4.69) is 15.5 Å². The van der Waals surface area contributed by atoms with Gasteiger partial charge in [-0.2, -0.15) is 0 Å². The molecule has 5 nitrogen and oxygen atoms in total. The Bertz CT molecular complexity index is 1160. The average Bonchev–Trinajstić information content (AvgIpc) is 3.21. The molecule has 150 valence electrons. The van der Waals surface area contributed by atoms with Gasteiger partial charge in [0.05, 0.1) is 5.75 Å². The van der Waals surface area contributed by atoms with Crippen molar-refractivity contribution in [3.63, 3.8) is 0 Å². The molecule has 1 aromatic heterocycles. The summed E-state index contributed by atoms with van der Waals surface area (Å²) in [7, 11) is 0. The Labute approximate surface area is 184 Å². The molecule has 4 rings (SSSR count). The van der Waals surface area contributed by atoms with E-state index in [4.69, 9.17) is 11.6 Å². The second-order valence-electron chi connectivity index (χ2n) is 6.59. The van der Waals surface area contributed by atoms with Crippen LogP contribution in [0.15, 0.2) is 84.0 Å². The fraction of sp³-hybridized carbons (Fsp3) is 0.0870. The van der Waals surface area contributed by atoms with Crippen molar-refractivity contribution in [2.24, 2.45) is 0 Å². The molecular formula is C23H19ClN4OS. The third-order valence-electron chi connectivity index (χ3n) is 4.55. The van der Waals surface area contributed by atoms with Crippen LogP contribution in [0.25, 0.3) is 17.1 Å². The average molecular weight is 435 g/mol. The number of hydrogen-bond donors (Lipinski definition) is 1. The van der Waals surface area contributed by atoms with Crippen molar-refractivity contribution in [3.05, 3.63) is 89.4 Å². The number of hydrogen-bond acceptors (Lipinski definition) is 4. The molecule has 0 bridgehead atoms. The van der Waals surface area contributed by atoms with Gasteiger partial charge in [-0.15, -0.1) is 10.2 Å². The summed E-state index contributed by atoms with van der Waals surface area (Å²) in [4.78, 5) is 12.5. The van der Waals surface area contributed by atoms with Gasteiger partial charge >= 0.3 is 0 Å². The topological polar surface area (TPSA) is 59.8 Å². The van der Waals surface area contributed by atoms with E-state index in [1.54, 1.807) is 6.07 Å². The van der Waals surface area contributed by atoms with Crippen molar-refractivity contribution >= 4 is 35.0 Å². The highest BCUT2D eigenvalue weighted by atomic mass is 35.5. The molecule has 1 amide bonds. The lowest BCUT2D eigenvalue weighted by Gasteiger charge is -2.11. The molecule has 0 aliphatic heterocycles. The normalized spacial score (nSPS) is 10.7. The minimum absolute atomic E-state index is 0.130. The molecule has 1 heterocycles. The van der Waals surface area contributed by atoms with E-state index < -0.39 is 0 Å². The summed E-state index contributed by atoms with van der Waals surface area (Å²) in [6.45, 7) is 1.88. The van der Waals surface area contributed by atoms with Crippen LogP contribution < -0.4 is 5.32 Å². The van der Waals surface area contributed by atoms with Gasteiger partial charge in [0, 0.05) is 22.0 Å². The molecule has 3 aromatic carbocycles. The van der Waals surface area contributed by atoms with Crippen LogP contribution in [0.2, 0.25) is 5.02 Å². The first-order chi connectivity index (χ1) is 14.6. The molecule has 0 saturated heterocycles. The zero-order valence-corrected chi connectivity index (χ0v) is 17.8. The van der Waals surface area contributed by atoms with Crippen molar-refractivity contribution in [2.45, 2.75) is 12.1 Å². The van der Waals surface area contributed by atoms with Gasteiger partial charge in [0.1, 0.15) is 0 Å². The zero-order valence-electron chi connectivity index (χ0n) is 16.2. The molecule has 0 unspecified atom stereocenters. The van der Waals surface area contributed by atoms with Crippen molar-refractivity contribution in [1.29, 1.82) is 0 Å². The van der Waals surface area contributed by atoms with Gasteiger partial charge in [-0.05, 0) is 36.8 Å². The van der Waals surface area contributed by atoms with Gasteiger partial charge in [-0.3, -0.25) is 9.36 Å². The summed E-state index contributed by atoms with van der Waals surface area (Å²) in [6.07, 6.45) is 0. The van der Waals surface area contributed by atoms with Crippen molar-refractivity contribution < 1.29 is 4.79 Å². The maximum atomic E-state index is 12.5. The Morgan fingerprint density at radius 1 is 0.967 bits per heavy atom. The van der Waals surface area contributed by atoms with E-state index in [9.17, 15) is 4.79 Å². The number of benzene rings is 3. The fourth-order valence-corrected chi connectivity index (χ4v) is 3.93. The largest absolute Gasteiger partial charge is 0.325 e. The summed E-state index contributed by atoms with van der Waals surface area (Å²) in [5, 5.41) is 12.9. The van der Waals surface area contributed by atoms with Gasteiger partial charge in [0.25, 0.3) is 0 Å². The first kappa shape index (κ1) is 20.2. The Balaban J connectivity index is 1.58. The van der Waals surface area contributed by atoms with E-state index in [-0.39, 0.29) is 11.7 Å². The summed E-state index contributed by atoms with van der Waals surface area (Å²) < 4.78 is 1.97. The lowest BCUT2D eigenvalue weighted by molar-refractivity contribution is -0.113. The lowest BCUT2D eigenvalue weighted by atomic mass is 10.2. The van der Waals surface area contributed by atoms with Crippen LogP contribution >= 0.6 is 23.4 Å². The summed E-state index contributed by atoms with van der Waals surface area (Å²) in [5.41, 5.74) is 3.45. The van der Waals surface area contributed by atoms with Gasteiger partial charge < -0.3 is 5.32 Å². The maximum absolute atomic E-state index is 12.5. The molecule has 0 aliphatic rings. The monoisotopic (exact) mass is 434 g/mol. The van der Waals surface area contributed by atoms with Crippen molar-refractivity contribution in [3.8, 4) is 17.1 Å². The van der Waals surface area contributed by atoms with E-state index in [0.29, 0.717) is 15.9 Å². The van der Waals surface area contributed by atoms with Gasteiger partial charge in [-0.1, -0.05) is 78.0 Å². The number of nitrogens with zero attached hydrogens (tertiary/aromatic N) is 3. The lowest BCUT2D eigenvalue weighted by Crippen LogP contribution is -2.15. The number of anilines is 1. The molecular weight excluding hydrogens is 416 g/mol.